The zero-order valence-electron chi connectivity index (χ0n) is 24.3. The van der Waals surface area contributed by atoms with Gasteiger partial charge in [0.05, 0.1) is 19.3 Å². The van der Waals surface area contributed by atoms with Gasteiger partial charge < -0.3 is 39.3 Å². The normalized spacial score (nSPS) is 14.7. The molecule has 0 bridgehead atoms. The van der Waals surface area contributed by atoms with Gasteiger partial charge in [0.25, 0.3) is 0 Å². The number of hydrogen-bond acceptors (Lipinski definition) is 11. The summed E-state index contributed by atoms with van der Waals surface area (Å²) >= 11 is 0. The van der Waals surface area contributed by atoms with E-state index in [2.05, 4.69) is 0 Å². The molecule has 0 aromatic heterocycles. The molecule has 0 aliphatic heterocycles. The minimum absolute atomic E-state index is 0.00425. The van der Waals surface area contributed by atoms with E-state index >= 15 is 0 Å². The second kappa shape index (κ2) is 17.2. The fraction of sp³-hybridized carbons (Fsp3) is 0.643. The zero-order chi connectivity index (χ0) is 30.4. The topological polar surface area (TPSA) is 170 Å². The van der Waals surface area contributed by atoms with Gasteiger partial charge >= 0.3 is 24.4 Å². The molecule has 0 radical (unpaired) electrons. The predicted molar refractivity (Wildman–Crippen MR) is 144 cm³/mol. The summed E-state index contributed by atoms with van der Waals surface area (Å²) in [4.78, 5) is 48.5. The Morgan fingerprint density at radius 3 is 1.80 bits per heavy atom. The molecule has 1 aromatic rings. The summed E-state index contributed by atoms with van der Waals surface area (Å²) in [6, 6.07) is 2.72. The molecule has 12 nitrogen and oxygen atoms in total. The Balaban J connectivity index is 3.29. The van der Waals surface area contributed by atoms with Crippen LogP contribution in [0.3, 0.4) is 0 Å². The molecule has 0 aliphatic rings. The lowest BCUT2D eigenvalue weighted by molar-refractivity contribution is -0.139. The Morgan fingerprint density at radius 1 is 0.800 bits per heavy atom. The maximum atomic E-state index is 12.4. The Labute approximate surface area is 235 Å². The average molecular weight is 570 g/mol. The van der Waals surface area contributed by atoms with Crippen LogP contribution in [0.15, 0.2) is 18.2 Å². The molecule has 40 heavy (non-hydrogen) atoms. The van der Waals surface area contributed by atoms with Crippen molar-refractivity contribution >= 4 is 24.4 Å². The summed E-state index contributed by atoms with van der Waals surface area (Å²) in [7, 11) is 0. The Bertz CT molecular complexity index is 981. The molecular formula is C28H43NO11. The number of carbonyl (C=O) groups is 4. The highest BCUT2D eigenvalue weighted by Gasteiger charge is 2.30. The standard InChI is InChI=1S/C28H43NO11/c1-8-17(5)14-35-26(32)39-22-11-10-20(13-23(22)40-27(33)36-15-18(6)9-2)21(24(29)25(30)31)12-19(7)38-28(34)37-16(3)4/h10-11,13,16-19,21,24H,8-9,12,14-15,29H2,1-7H3,(H,30,31)/t17?,18?,19?,21?,24-/m0/s1. The minimum Gasteiger partial charge on any atom is -0.480 e. The van der Waals surface area contributed by atoms with Crippen LogP contribution < -0.4 is 15.2 Å². The number of carboxylic acid groups (broad SMARTS) is 1. The van der Waals surface area contributed by atoms with E-state index in [4.69, 9.17) is 34.2 Å². The van der Waals surface area contributed by atoms with E-state index in [0.717, 1.165) is 12.8 Å². The molecule has 1 rings (SSSR count). The lowest BCUT2D eigenvalue weighted by Gasteiger charge is -2.25. The number of benzene rings is 1. The van der Waals surface area contributed by atoms with Gasteiger partial charge in [-0.15, -0.1) is 0 Å². The van der Waals surface area contributed by atoms with E-state index < -0.39 is 48.6 Å². The number of hydrogen-bond donors (Lipinski definition) is 2. The predicted octanol–water partition coefficient (Wildman–Crippen LogP) is 5.65. The van der Waals surface area contributed by atoms with Crippen molar-refractivity contribution in [3.8, 4) is 11.5 Å². The van der Waals surface area contributed by atoms with Gasteiger partial charge in [0.1, 0.15) is 12.1 Å². The van der Waals surface area contributed by atoms with Crippen molar-refractivity contribution < 1.29 is 52.7 Å². The third-order valence-electron chi connectivity index (χ3n) is 6.08. The van der Waals surface area contributed by atoms with Crippen molar-refractivity contribution in [1.29, 1.82) is 0 Å². The molecule has 226 valence electrons. The van der Waals surface area contributed by atoms with Gasteiger partial charge in [0, 0.05) is 5.92 Å². The van der Waals surface area contributed by atoms with Crippen LogP contribution in [-0.2, 0) is 23.7 Å². The average Bonchev–Trinajstić information content (AvgIpc) is 2.88. The van der Waals surface area contributed by atoms with Crippen molar-refractivity contribution in [3.63, 3.8) is 0 Å². The maximum absolute atomic E-state index is 12.4. The lowest BCUT2D eigenvalue weighted by Crippen LogP contribution is -2.38. The summed E-state index contributed by atoms with van der Waals surface area (Å²) in [5, 5.41) is 9.64. The minimum atomic E-state index is -1.41. The van der Waals surface area contributed by atoms with Gasteiger partial charge in [-0.1, -0.05) is 46.6 Å². The molecule has 0 fully saturated rings. The van der Waals surface area contributed by atoms with Gasteiger partial charge in [-0.05, 0) is 56.7 Å². The number of rotatable bonds is 15. The molecule has 4 unspecified atom stereocenters. The van der Waals surface area contributed by atoms with Gasteiger partial charge in [0.15, 0.2) is 11.5 Å². The lowest BCUT2D eigenvalue weighted by atomic mass is 9.87. The molecule has 3 N–H and O–H groups in total. The second-order valence-electron chi connectivity index (χ2n) is 10.1. The van der Waals surface area contributed by atoms with E-state index in [9.17, 15) is 24.3 Å². The first-order valence-corrected chi connectivity index (χ1v) is 13.5. The molecular weight excluding hydrogens is 526 g/mol. The summed E-state index contributed by atoms with van der Waals surface area (Å²) in [5.41, 5.74) is 6.32. The van der Waals surface area contributed by atoms with Crippen LogP contribution in [0.5, 0.6) is 11.5 Å². The van der Waals surface area contributed by atoms with Gasteiger partial charge in [0.2, 0.25) is 0 Å². The third-order valence-corrected chi connectivity index (χ3v) is 6.08. The summed E-state index contributed by atoms with van der Waals surface area (Å²) < 4.78 is 31.1. The van der Waals surface area contributed by atoms with Crippen molar-refractivity contribution in [2.24, 2.45) is 17.6 Å². The molecule has 0 spiro atoms. The molecule has 5 atom stereocenters. The van der Waals surface area contributed by atoms with Crippen molar-refractivity contribution in [1.82, 2.24) is 0 Å². The summed E-state index contributed by atoms with van der Waals surface area (Å²) in [5.74, 6) is -2.35. The van der Waals surface area contributed by atoms with Crippen LogP contribution in [0.25, 0.3) is 0 Å². The van der Waals surface area contributed by atoms with Crippen LogP contribution in [0, 0.1) is 11.8 Å². The SMILES string of the molecule is CCC(C)COC(=O)Oc1ccc(C(CC(C)OC(=O)OC(C)C)[C@H](N)C(=O)O)cc1OC(=O)OCC(C)CC. The highest BCUT2D eigenvalue weighted by atomic mass is 16.7. The molecule has 1 aromatic carbocycles. The van der Waals surface area contributed by atoms with Crippen LogP contribution in [0.2, 0.25) is 0 Å². The molecule has 0 saturated heterocycles. The summed E-state index contributed by atoms with van der Waals surface area (Å²) in [6.45, 7) is 12.8. The third kappa shape index (κ3) is 12.5. The number of ether oxygens (including phenoxy) is 6. The van der Waals surface area contributed by atoms with Crippen molar-refractivity contribution in [2.45, 2.75) is 91.9 Å². The van der Waals surface area contributed by atoms with Crippen molar-refractivity contribution in [3.05, 3.63) is 23.8 Å². The first kappa shape index (κ1) is 34.5. The van der Waals surface area contributed by atoms with Crippen LogP contribution in [0.4, 0.5) is 14.4 Å². The van der Waals surface area contributed by atoms with Gasteiger partial charge in [-0.2, -0.15) is 0 Å². The largest absolute Gasteiger partial charge is 0.513 e. The Hall–Kier alpha value is -3.54. The zero-order valence-corrected chi connectivity index (χ0v) is 24.3. The Morgan fingerprint density at radius 2 is 1.32 bits per heavy atom. The van der Waals surface area contributed by atoms with Crippen LogP contribution in [0.1, 0.15) is 79.2 Å². The monoisotopic (exact) mass is 569 g/mol. The fourth-order valence-corrected chi connectivity index (χ4v) is 3.27. The molecule has 0 saturated carbocycles. The van der Waals surface area contributed by atoms with Crippen molar-refractivity contribution in [2.75, 3.05) is 13.2 Å². The first-order valence-electron chi connectivity index (χ1n) is 13.5. The first-order chi connectivity index (χ1) is 18.8. The highest BCUT2D eigenvalue weighted by Crippen LogP contribution is 2.35. The number of nitrogens with two attached hydrogens (primary N) is 1. The quantitative estimate of drug-likeness (QED) is 0.151. The molecule has 12 heteroatoms. The smallest absolute Gasteiger partial charge is 0.480 e. The van der Waals surface area contributed by atoms with Gasteiger partial charge in [-0.25, -0.2) is 14.4 Å². The fourth-order valence-electron chi connectivity index (χ4n) is 3.27. The highest BCUT2D eigenvalue weighted by molar-refractivity contribution is 5.75. The van der Waals surface area contributed by atoms with E-state index in [1.165, 1.54) is 18.2 Å². The van der Waals surface area contributed by atoms with E-state index in [-0.39, 0.29) is 43.0 Å². The maximum Gasteiger partial charge on any atom is 0.513 e. The second-order valence-corrected chi connectivity index (χ2v) is 10.1. The number of aliphatic carboxylic acids is 1. The van der Waals surface area contributed by atoms with E-state index in [1.807, 2.05) is 27.7 Å². The van der Waals surface area contributed by atoms with E-state index in [0.29, 0.717) is 5.56 Å². The van der Waals surface area contributed by atoms with Gasteiger partial charge in [-0.3, -0.25) is 4.79 Å². The van der Waals surface area contributed by atoms with Crippen LogP contribution >= 0.6 is 0 Å². The van der Waals surface area contributed by atoms with Crippen LogP contribution in [-0.4, -0.2) is 61.0 Å². The number of carbonyl (C=O) groups excluding carboxylic acids is 3. The van der Waals surface area contributed by atoms with E-state index in [1.54, 1.807) is 20.8 Å². The molecule has 0 aliphatic carbocycles. The molecule has 0 amide bonds. The molecule has 0 heterocycles. The Kier molecular flexibility index (Phi) is 14.8. The summed E-state index contributed by atoms with van der Waals surface area (Å²) in [6.07, 6.45) is -2.56. The number of carboxylic acids is 1.